The number of hydrogen-bond donors (Lipinski definition) is 1. The summed E-state index contributed by atoms with van der Waals surface area (Å²) in [6.07, 6.45) is 7.50. The van der Waals surface area contributed by atoms with Gasteiger partial charge in [0.1, 0.15) is 11.6 Å². The van der Waals surface area contributed by atoms with E-state index in [1.54, 1.807) is 48.6 Å². The molecule has 0 fully saturated rings. The van der Waals surface area contributed by atoms with Crippen molar-refractivity contribution < 1.29 is 24.0 Å². The van der Waals surface area contributed by atoms with Gasteiger partial charge in [-0.05, 0) is 102 Å². The Balaban J connectivity index is 1.44. The van der Waals surface area contributed by atoms with Crippen molar-refractivity contribution in [2.45, 2.75) is 25.7 Å². The summed E-state index contributed by atoms with van der Waals surface area (Å²) in [5.41, 5.74) is 4.77. The second-order valence-electron chi connectivity index (χ2n) is 9.17. The maximum absolute atomic E-state index is 13.3. The number of benzene rings is 4. The van der Waals surface area contributed by atoms with Crippen molar-refractivity contribution in [2.24, 2.45) is 0 Å². The van der Waals surface area contributed by atoms with Crippen molar-refractivity contribution in [1.82, 2.24) is 0 Å². The molecule has 5 rings (SSSR count). The molecule has 0 saturated heterocycles. The average molecular weight is 510 g/mol. The Morgan fingerprint density at radius 3 is 2.34 bits per heavy atom. The molecule has 0 atom stereocenters. The molecule has 4 aromatic rings. The van der Waals surface area contributed by atoms with Crippen LogP contribution in [0.4, 0.5) is 10.1 Å². The zero-order chi connectivity index (χ0) is 26.6. The molecule has 0 saturated carbocycles. The van der Waals surface area contributed by atoms with Gasteiger partial charge in [0.25, 0.3) is 0 Å². The molecular formula is C31H24FNO5. The van der Waals surface area contributed by atoms with Crippen LogP contribution in [0.1, 0.15) is 45.5 Å². The first kappa shape index (κ1) is 24.9. The minimum Gasteiger partial charge on any atom is -0.478 e. The van der Waals surface area contributed by atoms with Gasteiger partial charge >= 0.3 is 11.7 Å². The van der Waals surface area contributed by atoms with Gasteiger partial charge in [-0.25, -0.2) is 9.18 Å². The lowest BCUT2D eigenvalue weighted by Gasteiger charge is -2.16. The molecule has 1 N–H and O–H groups in total. The Labute approximate surface area is 218 Å². The molecule has 6 nitrogen and oxygen atoms in total. The first-order valence-electron chi connectivity index (χ1n) is 12.3. The van der Waals surface area contributed by atoms with E-state index in [0.29, 0.717) is 16.9 Å². The van der Waals surface area contributed by atoms with Crippen molar-refractivity contribution >= 4 is 23.8 Å². The molecule has 0 unspecified atom stereocenters. The lowest BCUT2D eigenvalue weighted by Crippen LogP contribution is -2.02. The SMILES string of the molecule is O=C(O)c1ccc(-c2ccc(F)cc2)cc1C=Cc1ccc(Oc2ccc3c(c2)CCCC3)c([N+](=O)[O-])c1. The molecule has 0 spiro atoms. The first-order valence-corrected chi connectivity index (χ1v) is 12.3. The number of nitro benzene ring substituents is 1. The van der Waals surface area contributed by atoms with E-state index < -0.39 is 10.9 Å². The fourth-order valence-corrected chi connectivity index (χ4v) is 4.67. The molecular weight excluding hydrogens is 485 g/mol. The second kappa shape index (κ2) is 10.7. The predicted molar refractivity (Wildman–Crippen MR) is 144 cm³/mol. The Morgan fingerprint density at radius 1 is 0.868 bits per heavy atom. The third-order valence-electron chi connectivity index (χ3n) is 6.64. The molecule has 7 heteroatoms. The van der Waals surface area contributed by atoms with Crippen LogP contribution in [0.3, 0.4) is 0 Å². The van der Waals surface area contributed by atoms with Crippen LogP contribution in [0, 0.1) is 15.9 Å². The Hall–Kier alpha value is -4.78. The topological polar surface area (TPSA) is 89.7 Å². The van der Waals surface area contributed by atoms with Gasteiger partial charge in [-0.15, -0.1) is 0 Å². The highest BCUT2D eigenvalue weighted by molar-refractivity contribution is 5.94. The number of carboxylic acids is 1. The number of ether oxygens (including phenoxy) is 1. The maximum atomic E-state index is 13.3. The summed E-state index contributed by atoms with van der Waals surface area (Å²) >= 11 is 0. The minimum atomic E-state index is -1.10. The number of carboxylic acid groups (broad SMARTS) is 1. The fraction of sp³-hybridized carbons (Fsp3) is 0.129. The van der Waals surface area contributed by atoms with E-state index in [4.69, 9.17) is 4.74 Å². The van der Waals surface area contributed by atoms with Crippen LogP contribution in [-0.4, -0.2) is 16.0 Å². The smallest absolute Gasteiger partial charge is 0.336 e. The molecule has 0 aliphatic heterocycles. The van der Waals surface area contributed by atoms with E-state index in [1.165, 1.54) is 35.4 Å². The zero-order valence-electron chi connectivity index (χ0n) is 20.4. The number of carbonyl (C=O) groups is 1. The molecule has 190 valence electrons. The van der Waals surface area contributed by atoms with Crippen LogP contribution in [-0.2, 0) is 12.8 Å². The van der Waals surface area contributed by atoms with Gasteiger partial charge in [0, 0.05) is 6.07 Å². The zero-order valence-corrected chi connectivity index (χ0v) is 20.4. The third-order valence-corrected chi connectivity index (χ3v) is 6.64. The van der Waals surface area contributed by atoms with E-state index >= 15 is 0 Å². The van der Waals surface area contributed by atoms with Crippen LogP contribution in [0.5, 0.6) is 11.5 Å². The largest absolute Gasteiger partial charge is 0.478 e. The summed E-state index contributed by atoms with van der Waals surface area (Å²) in [6, 6.07) is 21.2. The lowest BCUT2D eigenvalue weighted by atomic mass is 9.92. The molecule has 0 bridgehead atoms. The molecule has 0 heterocycles. The summed E-state index contributed by atoms with van der Waals surface area (Å²) in [5, 5.41) is 21.5. The Kier molecular flexibility index (Phi) is 7.00. The molecule has 0 aromatic heterocycles. The summed E-state index contributed by atoms with van der Waals surface area (Å²) in [7, 11) is 0. The van der Waals surface area contributed by atoms with E-state index in [-0.39, 0.29) is 22.8 Å². The number of aryl methyl sites for hydroxylation is 2. The third kappa shape index (κ3) is 5.47. The van der Waals surface area contributed by atoms with E-state index in [2.05, 4.69) is 0 Å². The molecule has 1 aliphatic rings. The minimum absolute atomic E-state index is 0.0778. The average Bonchev–Trinajstić information content (AvgIpc) is 2.92. The molecule has 1 aliphatic carbocycles. The fourth-order valence-electron chi connectivity index (χ4n) is 4.67. The number of hydrogen-bond acceptors (Lipinski definition) is 4. The van der Waals surface area contributed by atoms with Gasteiger partial charge in [0.2, 0.25) is 5.75 Å². The number of aromatic carboxylic acids is 1. The monoisotopic (exact) mass is 509 g/mol. The highest BCUT2D eigenvalue weighted by atomic mass is 19.1. The second-order valence-corrected chi connectivity index (χ2v) is 9.17. The van der Waals surface area contributed by atoms with Crippen molar-refractivity contribution in [2.75, 3.05) is 0 Å². The number of rotatable bonds is 7. The quantitative estimate of drug-likeness (QED) is 0.155. The van der Waals surface area contributed by atoms with Gasteiger partial charge in [0.05, 0.1) is 10.5 Å². The first-order chi connectivity index (χ1) is 18.4. The standard InChI is InChI=1S/C31H24FNO5/c32-26-12-8-22(9-13-26)24-11-15-28(31(34)35)25(18-24)7-5-20-6-16-30(29(17-20)33(36)37)38-27-14-10-21-3-1-2-4-23(21)19-27/h5-19H,1-4H2,(H,34,35). The van der Waals surface area contributed by atoms with E-state index in [9.17, 15) is 24.4 Å². The van der Waals surface area contributed by atoms with Gasteiger partial charge in [-0.1, -0.05) is 42.5 Å². The summed E-state index contributed by atoms with van der Waals surface area (Å²) in [6.45, 7) is 0. The molecule has 0 amide bonds. The van der Waals surface area contributed by atoms with Gasteiger partial charge < -0.3 is 9.84 Å². The van der Waals surface area contributed by atoms with Crippen LogP contribution in [0.2, 0.25) is 0 Å². The van der Waals surface area contributed by atoms with E-state index in [1.807, 2.05) is 18.2 Å². The molecule has 4 aromatic carbocycles. The summed E-state index contributed by atoms with van der Waals surface area (Å²) in [5.74, 6) is -0.778. The van der Waals surface area contributed by atoms with Crippen LogP contribution >= 0.6 is 0 Å². The highest BCUT2D eigenvalue weighted by Crippen LogP contribution is 2.35. The molecule has 0 radical (unpaired) electrons. The Morgan fingerprint density at radius 2 is 1.61 bits per heavy atom. The highest BCUT2D eigenvalue weighted by Gasteiger charge is 2.18. The van der Waals surface area contributed by atoms with Gasteiger partial charge in [0.15, 0.2) is 0 Å². The maximum Gasteiger partial charge on any atom is 0.336 e. The van der Waals surface area contributed by atoms with Crippen molar-refractivity contribution in [3.8, 4) is 22.6 Å². The van der Waals surface area contributed by atoms with E-state index in [0.717, 1.165) is 36.8 Å². The van der Waals surface area contributed by atoms with Crippen molar-refractivity contribution in [3.05, 3.63) is 123 Å². The number of halogens is 1. The number of nitro groups is 1. The lowest BCUT2D eigenvalue weighted by molar-refractivity contribution is -0.385. The van der Waals surface area contributed by atoms with Gasteiger partial charge in [-0.3, -0.25) is 10.1 Å². The summed E-state index contributed by atoms with van der Waals surface area (Å²) in [4.78, 5) is 23.1. The van der Waals surface area contributed by atoms with Crippen LogP contribution < -0.4 is 4.74 Å². The van der Waals surface area contributed by atoms with Gasteiger partial charge in [-0.2, -0.15) is 0 Å². The normalized spacial score (nSPS) is 12.8. The number of fused-ring (bicyclic) bond motifs is 1. The van der Waals surface area contributed by atoms with Crippen molar-refractivity contribution in [3.63, 3.8) is 0 Å². The Bertz CT molecular complexity index is 1560. The van der Waals surface area contributed by atoms with Crippen molar-refractivity contribution in [1.29, 1.82) is 0 Å². The predicted octanol–water partition coefficient (Wildman–Crippen LogP) is 7.94. The van der Waals surface area contributed by atoms with Crippen LogP contribution in [0.15, 0.2) is 78.9 Å². The number of nitrogens with zero attached hydrogens (tertiary/aromatic N) is 1. The molecule has 38 heavy (non-hydrogen) atoms. The van der Waals surface area contributed by atoms with Crippen LogP contribution in [0.25, 0.3) is 23.3 Å². The summed E-state index contributed by atoms with van der Waals surface area (Å²) < 4.78 is 19.2.